The SMILES string of the molecule is CC(C)(C)c1ccc(NC(=O)Cc2cnn(Cc3ccccc3)c2)nn1. The molecular formula is C20H23N5O. The molecule has 0 radical (unpaired) electrons. The lowest BCUT2D eigenvalue weighted by Crippen LogP contribution is -2.18. The molecule has 3 aromatic rings. The van der Waals surface area contributed by atoms with Gasteiger partial charge in [0.15, 0.2) is 5.82 Å². The second-order valence-electron chi connectivity index (χ2n) is 7.31. The zero-order chi connectivity index (χ0) is 18.6. The first-order chi connectivity index (χ1) is 12.4. The second-order valence-corrected chi connectivity index (χ2v) is 7.31. The molecule has 1 N–H and O–H groups in total. The molecule has 6 heteroatoms. The molecule has 1 aromatic carbocycles. The molecule has 0 unspecified atom stereocenters. The molecule has 6 nitrogen and oxygen atoms in total. The van der Waals surface area contributed by atoms with Gasteiger partial charge in [0.2, 0.25) is 5.91 Å². The monoisotopic (exact) mass is 349 g/mol. The van der Waals surface area contributed by atoms with E-state index in [1.165, 1.54) is 5.56 Å². The van der Waals surface area contributed by atoms with Crippen molar-refractivity contribution in [1.29, 1.82) is 0 Å². The smallest absolute Gasteiger partial charge is 0.230 e. The summed E-state index contributed by atoms with van der Waals surface area (Å²) in [6, 6.07) is 13.8. The number of nitrogens with one attached hydrogen (secondary N) is 1. The number of aromatic nitrogens is 4. The van der Waals surface area contributed by atoms with Gasteiger partial charge < -0.3 is 5.32 Å². The van der Waals surface area contributed by atoms with E-state index in [0.717, 1.165) is 11.3 Å². The van der Waals surface area contributed by atoms with E-state index in [2.05, 4.69) is 41.4 Å². The van der Waals surface area contributed by atoms with Gasteiger partial charge in [-0.05, 0) is 23.3 Å². The quantitative estimate of drug-likeness (QED) is 0.768. The first-order valence-electron chi connectivity index (χ1n) is 8.59. The first kappa shape index (κ1) is 17.8. The average molecular weight is 349 g/mol. The fourth-order valence-electron chi connectivity index (χ4n) is 2.53. The van der Waals surface area contributed by atoms with Gasteiger partial charge in [-0.25, -0.2) is 0 Å². The lowest BCUT2D eigenvalue weighted by Gasteiger charge is -2.16. The van der Waals surface area contributed by atoms with Gasteiger partial charge in [-0.2, -0.15) is 10.2 Å². The molecule has 2 heterocycles. The molecule has 0 spiro atoms. The highest BCUT2D eigenvalue weighted by Gasteiger charge is 2.16. The van der Waals surface area contributed by atoms with Gasteiger partial charge in [-0.1, -0.05) is 51.1 Å². The molecule has 0 atom stereocenters. The number of benzene rings is 1. The van der Waals surface area contributed by atoms with Gasteiger partial charge in [-0.15, -0.1) is 5.10 Å². The van der Waals surface area contributed by atoms with Crippen LogP contribution < -0.4 is 5.32 Å². The molecule has 134 valence electrons. The molecule has 0 fully saturated rings. The van der Waals surface area contributed by atoms with Crippen molar-refractivity contribution in [2.24, 2.45) is 0 Å². The van der Waals surface area contributed by atoms with E-state index >= 15 is 0 Å². The van der Waals surface area contributed by atoms with Gasteiger partial charge >= 0.3 is 0 Å². The number of hydrogen-bond acceptors (Lipinski definition) is 4. The third-order valence-electron chi connectivity index (χ3n) is 3.94. The molecule has 0 aliphatic carbocycles. The Morgan fingerprint density at radius 3 is 2.46 bits per heavy atom. The molecule has 26 heavy (non-hydrogen) atoms. The maximum Gasteiger partial charge on any atom is 0.230 e. The summed E-state index contributed by atoms with van der Waals surface area (Å²) < 4.78 is 1.83. The molecule has 1 amide bonds. The Balaban J connectivity index is 1.57. The Morgan fingerprint density at radius 1 is 1.04 bits per heavy atom. The Morgan fingerprint density at radius 2 is 1.81 bits per heavy atom. The molecule has 0 saturated heterocycles. The summed E-state index contributed by atoms with van der Waals surface area (Å²) in [6.07, 6.45) is 3.86. The van der Waals surface area contributed by atoms with Crippen molar-refractivity contribution in [2.75, 3.05) is 5.32 Å². The molecular weight excluding hydrogens is 326 g/mol. The minimum absolute atomic E-state index is 0.0666. The number of amides is 1. The summed E-state index contributed by atoms with van der Waals surface area (Å²) >= 11 is 0. The molecule has 0 bridgehead atoms. The minimum Gasteiger partial charge on any atom is -0.309 e. The minimum atomic E-state index is -0.137. The van der Waals surface area contributed by atoms with E-state index in [9.17, 15) is 4.79 Å². The van der Waals surface area contributed by atoms with Crippen LogP contribution in [0.4, 0.5) is 5.82 Å². The molecule has 0 saturated carbocycles. The van der Waals surface area contributed by atoms with Crippen LogP contribution in [0.25, 0.3) is 0 Å². The summed E-state index contributed by atoms with van der Waals surface area (Å²) in [5, 5.41) is 15.4. The van der Waals surface area contributed by atoms with Gasteiger partial charge in [0, 0.05) is 11.6 Å². The van der Waals surface area contributed by atoms with Crippen LogP contribution in [0.3, 0.4) is 0 Å². The predicted molar refractivity (Wildman–Crippen MR) is 101 cm³/mol. The van der Waals surface area contributed by atoms with E-state index in [1.807, 2.05) is 47.3 Å². The zero-order valence-electron chi connectivity index (χ0n) is 15.3. The van der Waals surface area contributed by atoms with Crippen LogP contribution >= 0.6 is 0 Å². The summed E-state index contributed by atoms with van der Waals surface area (Å²) in [7, 11) is 0. The Bertz CT molecular complexity index is 863. The van der Waals surface area contributed by atoms with E-state index in [-0.39, 0.29) is 17.7 Å². The van der Waals surface area contributed by atoms with Crippen LogP contribution in [0.15, 0.2) is 54.9 Å². The fourth-order valence-corrected chi connectivity index (χ4v) is 2.53. The normalized spacial score (nSPS) is 11.3. The molecule has 0 aliphatic heterocycles. The van der Waals surface area contributed by atoms with E-state index < -0.39 is 0 Å². The number of hydrogen-bond donors (Lipinski definition) is 1. The number of rotatable bonds is 5. The highest BCUT2D eigenvalue weighted by molar-refractivity contribution is 5.91. The number of carbonyl (C=O) groups is 1. The lowest BCUT2D eigenvalue weighted by atomic mass is 9.92. The summed E-state index contributed by atoms with van der Waals surface area (Å²) in [4.78, 5) is 12.2. The molecule has 3 rings (SSSR count). The Labute approximate surface area is 153 Å². The Hall–Kier alpha value is -3.02. The van der Waals surface area contributed by atoms with Crippen molar-refractivity contribution in [2.45, 2.75) is 39.2 Å². The van der Waals surface area contributed by atoms with Crippen LogP contribution in [0.2, 0.25) is 0 Å². The standard InChI is InChI=1S/C20H23N5O/c1-20(2,3)17-9-10-18(24-23-17)22-19(26)11-16-12-21-25(14-16)13-15-7-5-4-6-8-15/h4-10,12,14H,11,13H2,1-3H3,(H,22,24,26). The van der Waals surface area contributed by atoms with E-state index in [1.54, 1.807) is 12.3 Å². The van der Waals surface area contributed by atoms with Crippen molar-refractivity contribution in [1.82, 2.24) is 20.0 Å². The van der Waals surface area contributed by atoms with Crippen molar-refractivity contribution in [3.63, 3.8) is 0 Å². The van der Waals surface area contributed by atoms with Gasteiger partial charge in [0.25, 0.3) is 0 Å². The molecule has 2 aromatic heterocycles. The highest BCUT2D eigenvalue weighted by atomic mass is 16.1. The third kappa shape index (κ3) is 4.75. The number of anilines is 1. The number of carbonyl (C=O) groups excluding carboxylic acids is 1. The second kappa shape index (κ2) is 7.47. The summed E-state index contributed by atoms with van der Waals surface area (Å²) in [6.45, 7) is 6.90. The highest BCUT2D eigenvalue weighted by Crippen LogP contribution is 2.19. The van der Waals surface area contributed by atoms with Crippen molar-refractivity contribution in [3.8, 4) is 0 Å². The fraction of sp³-hybridized carbons (Fsp3) is 0.300. The average Bonchev–Trinajstić information content (AvgIpc) is 3.02. The van der Waals surface area contributed by atoms with Crippen molar-refractivity contribution < 1.29 is 4.79 Å². The topological polar surface area (TPSA) is 72.7 Å². The van der Waals surface area contributed by atoms with E-state index in [4.69, 9.17) is 0 Å². The van der Waals surface area contributed by atoms with Crippen LogP contribution in [0, 0.1) is 0 Å². The summed E-state index contributed by atoms with van der Waals surface area (Å²) in [5.74, 6) is 0.321. The lowest BCUT2D eigenvalue weighted by molar-refractivity contribution is -0.115. The third-order valence-corrected chi connectivity index (χ3v) is 3.94. The van der Waals surface area contributed by atoms with Crippen LogP contribution in [-0.4, -0.2) is 25.9 Å². The van der Waals surface area contributed by atoms with Gasteiger partial charge in [-0.3, -0.25) is 9.48 Å². The Kier molecular flexibility index (Phi) is 5.11. The van der Waals surface area contributed by atoms with Gasteiger partial charge in [0.05, 0.1) is 24.9 Å². The number of nitrogens with zero attached hydrogens (tertiary/aromatic N) is 4. The maximum atomic E-state index is 12.2. The van der Waals surface area contributed by atoms with Gasteiger partial charge in [0.1, 0.15) is 0 Å². The maximum absolute atomic E-state index is 12.2. The van der Waals surface area contributed by atoms with Crippen LogP contribution in [-0.2, 0) is 23.2 Å². The zero-order valence-corrected chi connectivity index (χ0v) is 15.3. The van der Waals surface area contributed by atoms with Crippen molar-refractivity contribution >= 4 is 11.7 Å². The van der Waals surface area contributed by atoms with Crippen LogP contribution in [0.5, 0.6) is 0 Å². The van der Waals surface area contributed by atoms with E-state index in [0.29, 0.717) is 12.4 Å². The first-order valence-corrected chi connectivity index (χ1v) is 8.59. The largest absolute Gasteiger partial charge is 0.309 e. The van der Waals surface area contributed by atoms with Crippen molar-refractivity contribution in [3.05, 3.63) is 71.7 Å². The predicted octanol–water partition coefficient (Wildman–Crippen LogP) is 3.20. The summed E-state index contributed by atoms with van der Waals surface area (Å²) in [5.41, 5.74) is 2.85. The molecule has 0 aliphatic rings. The van der Waals surface area contributed by atoms with Crippen LogP contribution in [0.1, 0.15) is 37.6 Å².